The molecule has 1 aromatic carbocycles. The van der Waals surface area contributed by atoms with Gasteiger partial charge in [0, 0.05) is 13.2 Å². The molecule has 0 radical (unpaired) electrons. The van der Waals surface area contributed by atoms with Gasteiger partial charge in [0.25, 0.3) is 0 Å². The fourth-order valence-electron chi connectivity index (χ4n) is 2.16. The summed E-state index contributed by atoms with van der Waals surface area (Å²) in [6.45, 7) is 5.29. The van der Waals surface area contributed by atoms with Crippen molar-refractivity contribution in [2.24, 2.45) is 7.05 Å². The van der Waals surface area contributed by atoms with Crippen molar-refractivity contribution in [3.05, 3.63) is 47.8 Å². The van der Waals surface area contributed by atoms with E-state index in [-0.39, 0.29) is 5.78 Å². The van der Waals surface area contributed by atoms with Gasteiger partial charge < -0.3 is 9.47 Å². The van der Waals surface area contributed by atoms with Crippen molar-refractivity contribution in [3.8, 4) is 11.5 Å². The van der Waals surface area contributed by atoms with Gasteiger partial charge in [-0.2, -0.15) is 5.10 Å². The summed E-state index contributed by atoms with van der Waals surface area (Å²) in [6.07, 6.45) is 8.66. The van der Waals surface area contributed by atoms with Gasteiger partial charge in [0.15, 0.2) is 17.3 Å². The lowest BCUT2D eigenvalue weighted by Crippen LogP contribution is -2.01. The fourth-order valence-corrected chi connectivity index (χ4v) is 2.16. The maximum absolute atomic E-state index is 12.1. The van der Waals surface area contributed by atoms with Gasteiger partial charge in [-0.15, -0.1) is 0 Å². The highest BCUT2D eigenvalue weighted by Crippen LogP contribution is 2.29. The molecule has 0 amide bonds. The molecule has 24 heavy (non-hydrogen) atoms. The lowest BCUT2D eigenvalue weighted by molar-refractivity contribution is 0.104. The summed E-state index contributed by atoms with van der Waals surface area (Å²) in [4.78, 5) is 12.1. The third-order valence-electron chi connectivity index (χ3n) is 3.44. The van der Waals surface area contributed by atoms with E-state index in [0.29, 0.717) is 24.5 Å². The smallest absolute Gasteiger partial charge is 0.189 e. The Morgan fingerprint density at radius 1 is 1.25 bits per heavy atom. The zero-order valence-electron chi connectivity index (χ0n) is 14.5. The first-order valence-corrected chi connectivity index (χ1v) is 8.24. The molecule has 0 aliphatic heterocycles. The first kappa shape index (κ1) is 17.8. The number of aryl methyl sites for hydroxylation is 1. The normalized spacial score (nSPS) is 11.0. The molecule has 0 atom stereocenters. The summed E-state index contributed by atoms with van der Waals surface area (Å²) in [6, 6.07) is 5.68. The van der Waals surface area contributed by atoms with Crippen LogP contribution < -0.4 is 9.47 Å². The van der Waals surface area contributed by atoms with Crippen LogP contribution in [0.25, 0.3) is 6.08 Å². The molecule has 5 nitrogen and oxygen atoms in total. The molecule has 0 spiro atoms. The first-order chi connectivity index (χ1) is 11.6. The highest BCUT2D eigenvalue weighted by Gasteiger charge is 2.07. The van der Waals surface area contributed by atoms with Gasteiger partial charge in [-0.25, -0.2) is 0 Å². The Morgan fingerprint density at radius 2 is 2.08 bits per heavy atom. The molecule has 0 saturated heterocycles. The quantitative estimate of drug-likeness (QED) is 0.398. The zero-order chi connectivity index (χ0) is 17.4. The van der Waals surface area contributed by atoms with E-state index < -0.39 is 0 Å². The number of unbranched alkanes of at least 4 members (excludes halogenated alkanes) is 1. The van der Waals surface area contributed by atoms with Crippen molar-refractivity contribution in [3.63, 3.8) is 0 Å². The molecule has 1 heterocycles. The monoisotopic (exact) mass is 328 g/mol. The Labute approximate surface area is 142 Å². The van der Waals surface area contributed by atoms with Crippen LogP contribution in [0.15, 0.2) is 36.7 Å². The summed E-state index contributed by atoms with van der Waals surface area (Å²) >= 11 is 0. The lowest BCUT2D eigenvalue weighted by Gasteiger charge is -2.12. The van der Waals surface area contributed by atoms with Crippen molar-refractivity contribution in [1.82, 2.24) is 9.78 Å². The Kier molecular flexibility index (Phi) is 6.61. The minimum Gasteiger partial charge on any atom is -0.490 e. The molecule has 2 aromatic rings. The second-order valence-corrected chi connectivity index (χ2v) is 5.44. The van der Waals surface area contributed by atoms with Crippen LogP contribution in [0.4, 0.5) is 0 Å². The van der Waals surface area contributed by atoms with E-state index >= 15 is 0 Å². The number of hydrogen-bond acceptors (Lipinski definition) is 4. The van der Waals surface area contributed by atoms with E-state index in [2.05, 4.69) is 12.0 Å². The van der Waals surface area contributed by atoms with Crippen LogP contribution in [0.1, 0.15) is 42.6 Å². The molecule has 5 heteroatoms. The molecule has 0 aliphatic rings. The number of nitrogens with zero attached hydrogens (tertiary/aromatic N) is 2. The highest BCUT2D eigenvalue weighted by atomic mass is 16.5. The van der Waals surface area contributed by atoms with Crippen LogP contribution in [0.3, 0.4) is 0 Å². The molecular weight excluding hydrogens is 304 g/mol. The van der Waals surface area contributed by atoms with Crippen LogP contribution in [-0.2, 0) is 7.05 Å². The summed E-state index contributed by atoms with van der Waals surface area (Å²) in [5.41, 5.74) is 1.46. The van der Waals surface area contributed by atoms with Crippen molar-refractivity contribution >= 4 is 11.9 Å². The van der Waals surface area contributed by atoms with Crippen LogP contribution >= 0.6 is 0 Å². The highest BCUT2D eigenvalue weighted by molar-refractivity contribution is 6.06. The largest absolute Gasteiger partial charge is 0.490 e. The van der Waals surface area contributed by atoms with Gasteiger partial charge in [-0.1, -0.05) is 25.5 Å². The minimum atomic E-state index is -0.0793. The molecule has 2 rings (SSSR count). The molecule has 128 valence electrons. The number of ketones is 1. The molecule has 0 unspecified atom stereocenters. The molecule has 0 aliphatic carbocycles. The number of aromatic nitrogens is 2. The Balaban J connectivity index is 2.10. The number of ether oxygens (including phenoxy) is 2. The summed E-state index contributed by atoms with van der Waals surface area (Å²) < 4.78 is 13.0. The van der Waals surface area contributed by atoms with E-state index in [1.165, 1.54) is 0 Å². The maximum Gasteiger partial charge on any atom is 0.189 e. The predicted octanol–water partition coefficient (Wildman–Crippen LogP) is 3.89. The van der Waals surface area contributed by atoms with Crippen molar-refractivity contribution in [1.29, 1.82) is 0 Å². The van der Waals surface area contributed by atoms with Crippen molar-refractivity contribution in [2.45, 2.75) is 26.7 Å². The topological polar surface area (TPSA) is 53.3 Å². The average molecular weight is 328 g/mol. The van der Waals surface area contributed by atoms with Crippen LogP contribution in [-0.4, -0.2) is 28.8 Å². The average Bonchev–Trinajstić information content (AvgIpc) is 3.01. The van der Waals surface area contributed by atoms with Crippen LogP contribution in [0.5, 0.6) is 11.5 Å². The van der Waals surface area contributed by atoms with Gasteiger partial charge in [0.2, 0.25) is 0 Å². The number of benzene rings is 1. The number of carbonyl (C=O) groups excluding carboxylic acids is 1. The molecule has 1 aromatic heterocycles. The van der Waals surface area contributed by atoms with Gasteiger partial charge in [-0.3, -0.25) is 9.48 Å². The van der Waals surface area contributed by atoms with Crippen LogP contribution in [0.2, 0.25) is 0 Å². The standard InChI is InChI=1S/C19H24N2O3/c1-4-6-11-24-18-10-8-15(12-19(18)23-5-2)7-9-17(22)16-13-20-21(3)14-16/h7-10,12-14H,4-6,11H2,1-3H3. The summed E-state index contributed by atoms with van der Waals surface area (Å²) in [7, 11) is 1.78. The van der Waals surface area contributed by atoms with Gasteiger partial charge in [0.1, 0.15) is 0 Å². The third-order valence-corrected chi connectivity index (χ3v) is 3.44. The lowest BCUT2D eigenvalue weighted by atomic mass is 10.1. The van der Waals surface area contributed by atoms with Gasteiger partial charge in [0.05, 0.1) is 25.0 Å². The van der Waals surface area contributed by atoms with Gasteiger partial charge >= 0.3 is 0 Å². The first-order valence-electron chi connectivity index (χ1n) is 8.24. The Hall–Kier alpha value is -2.56. The fraction of sp³-hybridized carbons (Fsp3) is 0.368. The Morgan fingerprint density at radius 3 is 2.75 bits per heavy atom. The van der Waals surface area contributed by atoms with E-state index in [0.717, 1.165) is 24.2 Å². The number of hydrogen-bond donors (Lipinski definition) is 0. The number of allylic oxidation sites excluding steroid dienone is 1. The third kappa shape index (κ3) is 4.98. The number of rotatable bonds is 9. The van der Waals surface area contributed by atoms with Crippen molar-refractivity contribution < 1.29 is 14.3 Å². The van der Waals surface area contributed by atoms with Crippen molar-refractivity contribution in [2.75, 3.05) is 13.2 Å². The van der Waals surface area contributed by atoms with Gasteiger partial charge in [-0.05, 0) is 37.1 Å². The van der Waals surface area contributed by atoms with E-state index in [9.17, 15) is 4.79 Å². The Bertz CT molecular complexity index is 704. The van der Waals surface area contributed by atoms with Crippen LogP contribution in [0, 0.1) is 0 Å². The van der Waals surface area contributed by atoms with E-state index in [1.54, 1.807) is 36.3 Å². The molecule has 0 bridgehead atoms. The maximum atomic E-state index is 12.1. The number of carbonyl (C=O) groups is 1. The molecule has 0 N–H and O–H groups in total. The zero-order valence-corrected chi connectivity index (χ0v) is 14.5. The summed E-state index contributed by atoms with van der Waals surface area (Å²) in [5, 5.41) is 4.00. The SMILES string of the molecule is CCCCOc1ccc(C=CC(=O)c2cnn(C)c2)cc1OCC. The second kappa shape index (κ2) is 8.91. The predicted molar refractivity (Wildman–Crippen MR) is 94.6 cm³/mol. The van der Waals surface area contributed by atoms with E-state index in [1.807, 2.05) is 25.1 Å². The molecular formula is C19H24N2O3. The second-order valence-electron chi connectivity index (χ2n) is 5.44. The molecule has 0 saturated carbocycles. The molecule has 0 fully saturated rings. The minimum absolute atomic E-state index is 0.0793. The summed E-state index contributed by atoms with van der Waals surface area (Å²) in [5.74, 6) is 1.36. The van der Waals surface area contributed by atoms with E-state index in [4.69, 9.17) is 9.47 Å².